The van der Waals surface area contributed by atoms with E-state index < -0.39 is 0 Å². The lowest BCUT2D eigenvalue weighted by atomic mass is 9.46. The molecule has 5 aliphatic carbocycles. The molecule has 0 amide bonds. The van der Waals surface area contributed by atoms with Gasteiger partial charge in [0, 0.05) is 0 Å². The maximum absolute atomic E-state index is 2.66. The molecule has 0 aromatic heterocycles. The van der Waals surface area contributed by atoms with Crippen LogP contribution in [-0.4, -0.2) is 0 Å². The van der Waals surface area contributed by atoms with Crippen molar-refractivity contribution in [1.29, 1.82) is 0 Å². The van der Waals surface area contributed by atoms with Crippen LogP contribution in [0.4, 0.5) is 0 Å². The smallest absolute Gasteiger partial charge is 0.0142 e. The van der Waals surface area contributed by atoms with Crippen molar-refractivity contribution in [2.24, 2.45) is 29.1 Å². The zero-order valence-electron chi connectivity index (χ0n) is 9.13. The highest BCUT2D eigenvalue weighted by Gasteiger charge is 2.57. The molecule has 3 atom stereocenters. The Bertz CT molecular complexity index is 298. The molecule has 0 N–H and O–H groups in total. The van der Waals surface area contributed by atoms with Crippen LogP contribution >= 0.6 is 0 Å². The lowest BCUT2D eigenvalue weighted by molar-refractivity contribution is -0.0809. The lowest BCUT2D eigenvalue weighted by Gasteiger charge is -2.59. The van der Waals surface area contributed by atoms with Gasteiger partial charge in [0.2, 0.25) is 0 Å². The molecular weight excluding hydrogens is 168 g/mol. The van der Waals surface area contributed by atoms with Gasteiger partial charge in [-0.25, -0.2) is 0 Å². The molecular formula is C14H20. The minimum atomic E-state index is 0.791. The van der Waals surface area contributed by atoms with Gasteiger partial charge in [0.25, 0.3) is 0 Å². The van der Waals surface area contributed by atoms with Crippen molar-refractivity contribution >= 4 is 0 Å². The molecule has 0 aromatic carbocycles. The van der Waals surface area contributed by atoms with Crippen LogP contribution in [0.2, 0.25) is 0 Å². The molecule has 5 aliphatic rings. The van der Waals surface area contributed by atoms with Gasteiger partial charge in [0.1, 0.15) is 0 Å². The number of hydrogen-bond acceptors (Lipinski definition) is 0. The van der Waals surface area contributed by atoms with Crippen molar-refractivity contribution < 1.29 is 0 Å². The SMILES string of the molecule is CC1=CC2C3CC4CC(C3)CC2(C1)C4. The Balaban J connectivity index is 1.80. The molecule has 76 valence electrons. The van der Waals surface area contributed by atoms with E-state index in [1.54, 1.807) is 37.7 Å². The van der Waals surface area contributed by atoms with E-state index in [1.807, 2.05) is 0 Å². The van der Waals surface area contributed by atoms with E-state index in [1.165, 1.54) is 6.42 Å². The predicted molar refractivity (Wildman–Crippen MR) is 57.9 cm³/mol. The fourth-order valence-corrected chi connectivity index (χ4v) is 5.74. The molecule has 1 spiro atoms. The van der Waals surface area contributed by atoms with E-state index in [-0.39, 0.29) is 0 Å². The minimum Gasteiger partial charge on any atom is -0.0816 e. The van der Waals surface area contributed by atoms with E-state index in [2.05, 4.69) is 13.0 Å². The van der Waals surface area contributed by atoms with Crippen LogP contribution in [0.5, 0.6) is 0 Å². The molecule has 4 saturated carbocycles. The van der Waals surface area contributed by atoms with Crippen molar-refractivity contribution in [3.63, 3.8) is 0 Å². The summed E-state index contributed by atoms with van der Waals surface area (Å²) >= 11 is 0. The third kappa shape index (κ3) is 0.816. The van der Waals surface area contributed by atoms with E-state index in [4.69, 9.17) is 0 Å². The molecule has 14 heavy (non-hydrogen) atoms. The van der Waals surface area contributed by atoms with E-state index in [0.29, 0.717) is 0 Å². The highest BCUT2D eigenvalue weighted by Crippen LogP contribution is 2.67. The second-order valence-electron chi connectivity index (χ2n) is 6.69. The zero-order valence-corrected chi connectivity index (χ0v) is 9.13. The maximum atomic E-state index is 2.66. The van der Waals surface area contributed by atoms with Gasteiger partial charge < -0.3 is 0 Å². The average molecular weight is 188 g/mol. The van der Waals surface area contributed by atoms with E-state index in [9.17, 15) is 0 Å². The number of rotatable bonds is 0. The van der Waals surface area contributed by atoms with Crippen LogP contribution in [0.3, 0.4) is 0 Å². The average Bonchev–Trinajstić information content (AvgIpc) is 2.40. The van der Waals surface area contributed by atoms with Gasteiger partial charge in [0.15, 0.2) is 0 Å². The maximum Gasteiger partial charge on any atom is -0.0142 e. The quantitative estimate of drug-likeness (QED) is 0.507. The minimum absolute atomic E-state index is 0.791. The molecule has 0 aromatic rings. The number of hydrogen-bond donors (Lipinski definition) is 0. The molecule has 3 unspecified atom stereocenters. The van der Waals surface area contributed by atoms with Gasteiger partial charge >= 0.3 is 0 Å². The Labute approximate surface area is 86.8 Å². The second-order valence-corrected chi connectivity index (χ2v) is 6.69. The molecule has 0 radical (unpaired) electrons. The first-order valence-electron chi connectivity index (χ1n) is 6.42. The first-order valence-corrected chi connectivity index (χ1v) is 6.42. The Morgan fingerprint density at radius 2 is 1.86 bits per heavy atom. The standard InChI is InChI=1S/C14H20/c1-9-2-13-12-4-10-3-11(5-12)8-14(13,6-9)7-10/h2,10-13H,3-8H2,1H3. The monoisotopic (exact) mass is 188 g/mol. The highest BCUT2D eigenvalue weighted by atomic mass is 14.6. The summed E-state index contributed by atoms with van der Waals surface area (Å²) < 4.78 is 0. The summed E-state index contributed by atoms with van der Waals surface area (Å²) in [4.78, 5) is 0. The van der Waals surface area contributed by atoms with Crippen LogP contribution in [0.15, 0.2) is 11.6 Å². The summed E-state index contributed by atoms with van der Waals surface area (Å²) in [5.41, 5.74) is 2.50. The summed E-state index contributed by atoms with van der Waals surface area (Å²) in [6.45, 7) is 2.37. The molecule has 4 bridgehead atoms. The molecule has 5 rings (SSSR count). The summed E-state index contributed by atoms with van der Waals surface area (Å²) in [7, 11) is 0. The molecule has 0 heteroatoms. The fraction of sp³-hybridized carbons (Fsp3) is 0.857. The predicted octanol–water partition coefficient (Wildman–Crippen LogP) is 3.78. The molecule has 0 nitrogen and oxygen atoms in total. The van der Waals surface area contributed by atoms with Gasteiger partial charge in [0.05, 0.1) is 0 Å². The van der Waals surface area contributed by atoms with Gasteiger partial charge in [-0.1, -0.05) is 11.6 Å². The van der Waals surface area contributed by atoms with Crippen LogP contribution in [0, 0.1) is 29.1 Å². The zero-order chi connectivity index (χ0) is 9.34. The van der Waals surface area contributed by atoms with Gasteiger partial charge in [-0.2, -0.15) is 0 Å². The Morgan fingerprint density at radius 1 is 1.14 bits per heavy atom. The summed E-state index contributed by atoms with van der Waals surface area (Å²) in [5, 5.41) is 0. The van der Waals surface area contributed by atoms with Crippen LogP contribution in [0.25, 0.3) is 0 Å². The number of allylic oxidation sites excluding steroid dienone is 2. The van der Waals surface area contributed by atoms with Crippen molar-refractivity contribution in [1.82, 2.24) is 0 Å². The Hall–Kier alpha value is -0.260. The van der Waals surface area contributed by atoms with E-state index >= 15 is 0 Å². The first kappa shape index (κ1) is 7.96. The van der Waals surface area contributed by atoms with Crippen molar-refractivity contribution in [3.8, 4) is 0 Å². The van der Waals surface area contributed by atoms with Gasteiger partial charge in [-0.3, -0.25) is 0 Å². The largest absolute Gasteiger partial charge is 0.0816 e. The molecule has 0 heterocycles. The summed E-state index contributed by atoms with van der Waals surface area (Å²) in [5.74, 6) is 4.36. The Morgan fingerprint density at radius 3 is 2.57 bits per heavy atom. The normalized spacial score (nSPS) is 58.8. The fourth-order valence-electron chi connectivity index (χ4n) is 5.74. The lowest BCUT2D eigenvalue weighted by Crippen LogP contribution is -2.50. The highest BCUT2D eigenvalue weighted by molar-refractivity contribution is 5.23. The molecule has 4 fully saturated rings. The topological polar surface area (TPSA) is 0 Å². The summed E-state index contributed by atoms with van der Waals surface area (Å²) in [6.07, 6.45) is 12.0. The van der Waals surface area contributed by atoms with Gasteiger partial charge in [-0.05, 0) is 74.5 Å². The molecule has 0 aliphatic heterocycles. The first-order chi connectivity index (χ1) is 6.75. The van der Waals surface area contributed by atoms with Crippen LogP contribution < -0.4 is 0 Å². The van der Waals surface area contributed by atoms with Crippen molar-refractivity contribution in [2.45, 2.75) is 45.4 Å². The van der Waals surface area contributed by atoms with Crippen molar-refractivity contribution in [2.75, 3.05) is 0 Å². The summed E-state index contributed by atoms with van der Waals surface area (Å²) in [6, 6.07) is 0. The Kier molecular flexibility index (Phi) is 1.30. The molecule has 0 saturated heterocycles. The second kappa shape index (κ2) is 2.28. The van der Waals surface area contributed by atoms with Crippen molar-refractivity contribution in [3.05, 3.63) is 11.6 Å². The van der Waals surface area contributed by atoms with Crippen LogP contribution in [-0.2, 0) is 0 Å². The third-order valence-corrected chi connectivity index (χ3v) is 5.64. The van der Waals surface area contributed by atoms with Gasteiger partial charge in [-0.15, -0.1) is 0 Å². The third-order valence-electron chi connectivity index (χ3n) is 5.64. The van der Waals surface area contributed by atoms with Crippen LogP contribution in [0.1, 0.15) is 45.4 Å². The van der Waals surface area contributed by atoms with E-state index in [0.717, 1.165) is 29.1 Å².